The molecule has 1 amide bonds. The van der Waals surface area contributed by atoms with Gasteiger partial charge in [-0.3, -0.25) is 4.79 Å². The fraction of sp³-hybridized carbons (Fsp3) is 0.727. The molecule has 0 N–H and O–H groups in total. The van der Waals surface area contributed by atoms with Crippen molar-refractivity contribution in [1.29, 1.82) is 0 Å². The number of nitrogens with zero attached hydrogens (tertiary/aromatic N) is 1. The Bertz CT molecular complexity index is 401. The summed E-state index contributed by atoms with van der Waals surface area (Å²) in [6.45, 7) is 3.80. The first-order valence-corrected chi connectivity index (χ1v) is 7.42. The average Bonchev–Trinajstić information content (AvgIpc) is 2.28. The molecule has 0 aromatic heterocycles. The Labute approximate surface area is 96.2 Å². The number of hydrogen-bond donors (Lipinski definition) is 0. The van der Waals surface area contributed by atoms with Crippen molar-refractivity contribution < 1.29 is 13.2 Å². The minimum atomic E-state index is -2.99. The van der Waals surface area contributed by atoms with Gasteiger partial charge in [-0.05, 0) is 18.9 Å². The summed E-state index contributed by atoms with van der Waals surface area (Å²) in [4.78, 5) is 13.3. The Hall–Kier alpha value is -0.840. The quantitative estimate of drug-likeness (QED) is 0.638. The van der Waals surface area contributed by atoms with Crippen LogP contribution in [0.5, 0.6) is 0 Å². The molecule has 1 aliphatic carbocycles. The second-order valence-electron chi connectivity index (χ2n) is 4.49. The van der Waals surface area contributed by atoms with Crippen molar-refractivity contribution in [2.24, 2.45) is 0 Å². The standard InChI is InChI=1S/C11H17NO3S/c1-2-11(13)12-7-8-16(14,15)10-6-4-3-5-9(10)12/h2,9-10H,1,3-8H2. The topological polar surface area (TPSA) is 54.5 Å². The second-order valence-corrected chi connectivity index (χ2v) is 6.83. The number of sulfone groups is 1. The molecule has 90 valence electrons. The zero-order chi connectivity index (χ0) is 11.8. The van der Waals surface area contributed by atoms with E-state index in [0.717, 1.165) is 19.3 Å². The molecule has 5 heteroatoms. The van der Waals surface area contributed by atoms with Gasteiger partial charge in [0.25, 0.3) is 0 Å². The van der Waals surface area contributed by atoms with Crippen LogP contribution in [-0.2, 0) is 14.6 Å². The summed E-state index contributed by atoms with van der Waals surface area (Å²) in [6.07, 6.45) is 4.76. The largest absolute Gasteiger partial charge is 0.334 e. The molecule has 1 heterocycles. The molecule has 16 heavy (non-hydrogen) atoms. The van der Waals surface area contributed by atoms with Gasteiger partial charge in [-0.15, -0.1) is 0 Å². The number of fused-ring (bicyclic) bond motifs is 1. The lowest BCUT2D eigenvalue weighted by molar-refractivity contribution is -0.128. The Morgan fingerprint density at radius 1 is 1.31 bits per heavy atom. The van der Waals surface area contributed by atoms with Crippen molar-refractivity contribution in [2.75, 3.05) is 12.3 Å². The molecule has 2 aliphatic rings. The van der Waals surface area contributed by atoms with Crippen LogP contribution >= 0.6 is 0 Å². The van der Waals surface area contributed by atoms with Gasteiger partial charge in [-0.2, -0.15) is 0 Å². The number of carbonyl (C=O) groups excluding carboxylic acids is 1. The minimum Gasteiger partial charge on any atom is -0.334 e. The van der Waals surface area contributed by atoms with Gasteiger partial charge in [0.1, 0.15) is 0 Å². The highest BCUT2D eigenvalue weighted by atomic mass is 32.2. The van der Waals surface area contributed by atoms with E-state index in [1.807, 2.05) is 0 Å². The summed E-state index contributed by atoms with van der Waals surface area (Å²) < 4.78 is 23.8. The first kappa shape index (κ1) is 11.6. The van der Waals surface area contributed by atoms with Crippen LogP contribution in [0, 0.1) is 0 Å². The van der Waals surface area contributed by atoms with E-state index in [0.29, 0.717) is 13.0 Å². The number of rotatable bonds is 1. The highest BCUT2D eigenvalue weighted by Crippen LogP contribution is 2.32. The number of carbonyl (C=O) groups is 1. The molecular weight excluding hydrogens is 226 g/mol. The van der Waals surface area contributed by atoms with Gasteiger partial charge in [-0.25, -0.2) is 8.42 Å². The third kappa shape index (κ3) is 1.88. The second kappa shape index (κ2) is 4.20. The predicted octanol–water partition coefficient (Wildman–Crippen LogP) is 0.741. The van der Waals surface area contributed by atoms with Crippen LogP contribution in [0.1, 0.15) is 25.7 Å². The molecule has 2 atom stereocenters. The number of amides is 1. The van der Waals surface area contributed by atoms with E-state index in [2.05, 4.69) is 6.58 Å². The fourth-order valence-electron chi connectivity index (χ4n) is 2.79. The maximum atomic E-state index is 11.9. The lowest BCUT2D eigenvalue weighted by Gasteiger charge is -2.43. The summed E-state index contributed by atoms with van der Waals surface area (Å²) >= 11 is 0. The van der Waals surface area contributed by atoms with Crippen molar-refractivity contribution in [1.82, 2.24) is 4.90 Å². The van der Waals surface area contributed by atoms with Crippen LogP contribution in [0.2, 0.25) is 0 Å². The third-order valence-electron chi connectivity index (χ3n) is 3.60. The van der Waals surface area contributed by atoms with Crippen molar-refractivity contribution in [3.63, 3.8) is 0 Å². The van der Waals surface area contributed by atoms with E-state index in [9.17, 15) is 13.2 Å². The van der Waals surface area contributed by atoms with Crippen molar-refractivity contribution in [3.8, 4) is 0 Å². The monoisotopic (exact) mass is 243 g/mol. The van der Waals surface area contributed by atoms with Gasteiger partial charge >= 0.3 is 0 Å². The van der Waals surface area contributed by atoms with Gasteiger partial charge in [0.2, 0.25) is 5.91 Å². The van der Waals surface area contributed by atoms with E-state index in [-0.39, 0.29) is 23.0 Å². The minimum absolute atomic E-state index is 0.105. The Morgan fingerprint density at radius 2 is 2.00 bits per heavy atom. The molecule has 1 saturated heterocycles. The van der Waals surface area contributed by atoms with E-state index in [4.69, 9.17) is 0 Å². The van der Waals surface area contributed by atoms with Gasteiger partial charge in [0.15, 0.2) is 9.84 Å². The van der Waals surface area contributed by atoms with E-state index in [1.165, 1.54) is 6.08 Å². The maximum Gasteiger partial charge on any atom is 0.246 e. The van der Waals surface area contributed by atoms with Crippen LogP contribution < -0.4 is 0 Å². The summed E-state index contributed by atoms with van der Waals surface area (Å²) in [7, 11) is -2.99. The third-order valence-corrected chi connectivity index (χ3v) is 5.83. The lowest BCUT2D eigenvalue weighted by Crippen LogP contribution is -2.57. The predicted molar refractivity (Wildman–Crippen MR) is 61.7 cm³/mol. The first-order valence-electron chi connectivity index (χ1n) is 5.71. The zero-order valence-corrected chi connectivity index (χ0v) is 10.1. The van der Waals surface area contributed by atoms with Crippen molar-refractivity contribution >= 4 is 15.7 Å². The molecule has 0 radical (unpaired) electrons. The average molecular weight is 243 g/mol. The maximum absolute atomic E-state index is 11.9. The normalized spacial score (nSPS) is 32.9. The van der Waals surface area contributed by atoms with Crippen LogP contribution in [0.25, 0.3) is 0 Å². The molecule has 4 nitrogen and oxygen atoms in total. The molecule has 1 aliphatic heterocycles. The van der Waals surface area contributed by atoms with Crippen LogP contribution in [0.15, 0.2) is 12.7 Å². The zero-order valence-electron chi connectivity index (χ0n) is 9.26. The highest BCUT2D eigenvalue weighted by molar-refractivity contribution is 7.92. The fourth-order valence-corrected chi connectivity index (χ4v) is 4.83. The number of hydrogen-bond acceptors (Lipinski definition) is 3. The molecule has 0 aromatic rings. The molecule has 0 spiro atoms. The summed E-state index contributed by atoms with van der Waals surface area (Å²) in [5.74, 6) is -0.0277. The van der Waals surface area contributed by atoms with Gasteiger partial charge in [-0.1, -0.05) is 19.4 Å². The smallest absolute Gasteiger partial charge is 0.246 e. The van der Waals surface area contributed by atoms with Crippen LogP contribution in [0.3, 0.4) is 0 Å². The Balaban J connectivity index is 2.27. The molecule has 2 fully saturated rings. The van der Waals surface area contributed by atoms with Gasteiger partial charge < -0.3 is 4.90 Å². The molecule has 2 unspecified atom stereocenters. The van der Waals surface area contributed by atoms with Crippen molar-refractivity contribution in [3.05, 3.63) is 12.7 Å². The van der Waals surface area contributed by atoms with E-state index >= 15 is 0 Å². The molecule has 1 saturated carbocycles. The SMILES string of the molecule is C=CC(=O)N1CCS(=O)(=O)C2CCCCC21. The molecular formula is C11H17NO3S. The summed E-state index contributed by atoms with van der Waals surface area (Å²) in [5.41, 5.74) is 0. The van der Waals surface area contributed by atoms with E-state index in [1.54, 1.807) is 4.90 Å². The van der Waals surface area contributed by atoms with Gasteiger partial charge in [0.05, 0.1) is 11.0 Å². The summed E-state index contributed by atoms with van der Waals surface area (Å²) in [5, 5.41) is -0.334. The van der Waals surface area contributed by atoms with Crippen LogP contribution in [0.4, 0.5) is 0 Å². The molecule has 2 rings (SSSR count). The van der Waals surface area contributed by atoms with E-state index < -0.39 is 9.84 Å². The molecule has 0 bridgehead atoms. The van der Waals surface area contributed by atoms with Crippen LogP contribution in [-0.4, -0.2) is 42.8 Å². The Kier molecular flexibility index (Phi) is 3.06. The lowest BCUT2D eigenvalue weighted by atomic mass is 9.93. The highest BCUT2D eigenvalue weighted by Gasteiger charge is 2.43. The van der Waals surface area contributed by atoms with Gasteiger partial charge in [0, 0.05) is 12.6 Å². The molecule has 0 aromatic carbocycles. The first-order chi connectivity index (χ1) is 7.56. The van der Waals surface area contributed by atoms with Crippen molar-refractivity contribution in [2.45, 2.75) is 37.0 Å². The summed E-state index contributed by atoms with van der Waals surface area (Å²) in [6, 6.07) is -0.113. The Morgan fingerprint density at radius 3 is 2.69 bits per heavy atom.